The highest BCUT2D eigenvalue weighted by Gasteiger charge is 2.32. The summed E-state index contributed by atoms with van der Waals surface area (Å²) < 4.78 is 21.9. The number of carbonyl (C=O) groups excluding carboxylic acids is 1. The fraction of sp³-hybridized carbons (Fsp3) is 0.533. The Morgan fingerprint density at radius 2 is 1.95 bits per heavy atom. The molecule has 0 N–H and O–H groups in total. The molecule has 1 aromatic carbocycles. The molecule has 0 unspecified atom stereocenters. The smallest absolute Gasteiger partial charge is 0.308 e. The van der Waals surface area contributed by atoms with Crippen LogP contribution in [0.2, 0.25) is 0 Å². The van der Waals surface area contributed by atoms with Gasteiger partial charge in [0.25, 0.3) is 0 Å². The van der Waals surface area contributed by atoms with Crippen LogP contribution >= 0.6 is 0 Å². The third-order valence-corrected chi connectivity index (χ3v) is 3.30. The summed E-state index contributed by atoms with van der Waals surface area (Å²) in [5.41, 5.74) is 0.676. The van der Waals surface area contributed by atoms with Crippen molar-refractivity contribution in [2.75, 3.05) is 14.2 Å². The van der Waals surface area contributed by atoms with E-state index in [1.807, 2.05) is 13.8 Å². The molecule has 5 heteroatoms. The van der Waals surface area contributed by atoms with Gasteiger partial charge < -0.3 is 18.9 Å². The Bertz CT molecular complexity index is 534. The summed E-state index contributed by atoms with van der Waals surface area (Å²) in [4.78, 5) is 11.3. The van der Waals surface area contributed by atoms with Crippen molar-refractivity contribution in [3.63, 3.8) is 0 Å². The Morgan fingerprint density at radius 1 is 1.25 bits per heavy atom. The molecule has 2 rings (SSSR count). The van der Waals surface area contributed by atoms with Gasteiger partial charge in [0.05, 0.1) is 14.2 Å². The van der Waals surface area contributed by atoms with Gasteiger partial charge in [-0.15, -0.1) is 0 Å². The fourth-order valence-corrected chi connectivity index (χ4v) is 2.34. The lowest BCUT2D eigenvalue weighted by Crippen LogP contribution is -2.32. The molecule has 0 amide bonds. The second kappa shape index (κ2) is 5.23. The largest absolute Gasteiger partial charge is 0.493 e. The molecule has 0 atom stereocenters. The van der Waals surface area contributed by atoms with Crippen LogP contribution in [-0.4, -0.2) is 25.8 Å². The molecule has 0 bridgehead atoms. The number of carbonyl (C=O) groups is 1. The van der Waals surface area contributed by atoms with Crippen molar-refractivity contribution < 1.29 is 23.7 Å². The molecule has 0 fully saturated rings. The lowest BCUT2D eigenvalue weighted by atomic mass is 9.93. The van der Waals surface area contributed by atoms with Crippen LogP contribution in [0.5, 0.6) is 23.0 Å². The normalized spacial score (nSPS) is 15.8. The van der Waals surface area contributed by atoms with Crippen LogP contribution < -0.4 is 18.9 Å². The zero-order valence-corrected chi connectivity index (χ0v) is 12.5. The van der Waals surface area contributed by atoms with Crippen LogP contribution in [0.1, 0.15) is 32.8 Å². The molecular formula is C15H20O5. The molecule has 1 heterocycles. The molecule has 0 aromatic heterocycles. The van der Waals surface area contributed by atoms with Crippen LogP contribution in [0, 0.1) is 0 Å². The number of esters is 1. The molecule has 0 spiro atoms. The Kier molecular flexibility index (Phi) is 3.79. The maximum atomic E-state index is 11.3. The Morgan fingerprint density at radius 3 is 2.50 bits per heavy atom. The molecule has 110 valence electrons. The maximum Gasteiger partial charge on any atom is 0.308 e. The van der Waals surface area contributed by atoms with Crippen LogP contribution in [0.15, 0.2) is 6.07 Å². The van der Waals surface area contributed by atoms with Gasteiger partial charge >= 0.3 is 5.97 Å². The molecule has 1 aliphatic heterocycles. The number of hydrogen-bond acceptors (Lipinski definition) is 5. The number of ether oxygens (including phenoxy) is 4. The number of hydrogen-bond donors (Lipinski definition) is 0. The van der Waals surface area contributed by atoms with Crippen LogP contribution in [0.4, 0.5) is 0 Å². The highest BCUT2D eigenvalue weighted by molar-refractivity contribution is 5.74. The van der Waals surface area contributed by atoms with Crippen molar-refractivity contribution in [3.05, 3.63) is 11.6 Å². The van der Waals surface area contributed by atoms with E-state index >= 15 is 0 Å². The second-order valence-corrected chi connectivity index (χ2v) is 5.37. The lowest BCUT2D eigenvalue weighted by molar-refractivity contribution is -0.132. The van der Waals surface area contributed by atoms with E-state index in [9.17, 15) is 4.79 Å². The Hall–Kier alpha value is -1.91. The average Bonchev–Trinajstić information content (AvgIpc) is 2.36. The van der Waals surface area contributed by atoms with Gasteiger partial charge in [-0.2, -0.15) is 0 Å². The summed E-state index contributed by atoms with van der Waals surface area (Å²) in [6, 6.07) is 1.75. The van der Waals surface area contributed by atoms with E-state index in [1.54, 1.807) is 13.2 Å². The minimum Gasteiger partial charge on any atom is -0.493 e. The summed E-state index contributed by atoms with van der Waals surface area (Å²) in [7, 11) is 3.06. The molecule has 0 saturated carbocycles. The highest BCUT2D eigenvalue weighted by atomic mass is 16.6. The first-order valence-electron chi connectivity index (χ1n) is 6.53. The van der Waals surface area contributed by atoms with Crippen molar-refractivity contribution in [1.29, 1.82) is 0 Å². The monoisotopic (exact) mass is 280 g/mol. The number of fused-ring (bicyclic) bond motifs is 1. The Labute approximate surface area is 118 Å². The quantitative estimate of drug-likeness (QED) is 0.629. The minimum atomic E-state index is -0.418. The molecule has 0 aliphatic carbocycles. The molecule has 5 nitrogen and oxygen atoms in total. The van der Waals surface area contributed by atoms with Crippen LogP contribution in [-0.2, 0) is 11.2 Å². The third-order valence-electron chi connectivity index (χ3n) is 3.30. The Balaban J connectivity index is 2.57. The van der Waals surface area contributed by atoms with Gasteiger partial charge in [0, 0.05) is 18.6 Å². The van der Waals surface area contributed by atoms with Crippen LogP contribution in [0.3, 0.4) is 0 Å². The van der Waals surface area contributed by atoms with Gasteiger partial charge in [0.2, 0.25) is 5.75 Å². The first-order valence-corrected chi connectivity index (χ1v) is 6.53. The van der Waals surface area contributed by atoms with E-state index in [-0.39, 0.29) is 5.60 Å². The van der Waals surface area contributed by atoms with Crippen molar-refractivity contribution in [3.8, 4) is 23.0 Å². The van der Waals surface area contributed by atoms with Gasteiger partial charge in [-0.25, -0.2) is 0 Å². The van der Waals surface area contributed by atoms with Crippen molar-refractivity contribution in [2.45, 2.75) is 39.2 Å². The van der Waals surface area contributed by atoms with E-state index in [0.29, 0.717) is 23.0 Å². The van der Waals surface area contributed by atoms with Crippen LogP contribution in [0.25, 0.3) is 0 Å². The summed E-state index contributed by atoms with van der Waals surface area (Å²) in [6.07, 6.45) is 1.66. The first kappa shape index (κ1) is 14.5. The lowest BCUT2D eigenvalue weighted by Gasteiger charge is -2.33. The molecule has 0 saturated heterocycles. The fourth-order valence-electron chi connectivity index (χ4n) is 2.34. The molecule has 1 aliphatic rings. The number of methoxy groups -OCH3 is 2. The molecule has 1 aromatic rings. The second-order valence-electron chi connectivity index (χ2n) is 5.37. The first-order chi connectivity index (χ1) is 9.38. The van der Waals surface area contributed by atoms with E-state index in [4.69, 9.17) is 18.9 Å². The molecule has 0 radical (unpaired) electrons. The summed E-state index contributed by atoms with van der Waals surface area (Å²) in [5, 5.41) is 0. The SMILES string of the molecule is COc1cc2c(c(OC)c1OC(C)=O)CCC(C)(C)O2. The maximum absolute atomic E-state index is 11.3. The van der Waals surface area contributed by atoms with Gasteiger partial charge in [0.15, 0.2) is 11.5 Å². The van der Waals surface area contributed by atoms with E-state index in [2.05, 4.69) is 0 Å². The third kappa shape index (κ3) is 2.66. The van der Waals surface area contributed by atoms with Gasteiger partial charge in [-0.1, -0.05) is 0 Å². The summed E-state index contributed by atoms with van der Waals surface area (Å²) >= 11 is 0. The van der Waals surface area contributed by atoms with E-state index in [1.165, 1.54) is 14.0 Å². The predicted octanol–water partition coefficient (Wildman–Crippen LogP) is 2.73. The average molecular weight is 280 g/mol. The zero-order valence-electron chi connectivity index (χ0n) is 12.5. The summed E-state index contributed by atoms with van der Waals surface area (Å²) in [5.74, 6) is 1.53. The molecular weight excluding hydrogens is 260 g/mol. The summed E-state index contributed by atoms with van der Waals surface area (Å²) in [6.45, 7) is 5.42. The van der Waals surface area contributed by atoms with Crippen molar-refractivity contribution >= 4 is 5.97 Å². The standard InChI is InChI=1S/C15H20O5/c1-9(16)19-14-12(17-4)8-11-10(13(14)18-5)6-7-15(2,3)20-11/h8H,6-7H2,1-5H3. The van der Waals surface area contributed by atoms with Crippen molar-refractivity contribution in [2.24, 2.45) is 0 Å². The number of rotatable bonds is 3. The molecule has 20 heavy (non-hydrogen) atoms. The minimum absolute atomic E-state index is 0.230. The van der Waals surface area contributed by atoms with Gasteiger partial charge in [0.1, 0.15) is 11.4 Å². The van der Waals surface area contributed by atoms with E-state index < -0.39 is 5.97 Å². The van der Waals surface area contributed by atoms with Crippen molar-refractivity contribution in [1.82, 2.24) is 0 Å². The predicted molar refractivity (Wildman–Crippen MR) is 73.9 cm³/mol. The number of benzene rings is 1. The van der Waals surface area contributed by atoms with E-state index in [0.717, 1.165) is 18.4 Å². The zero-order chi connectivity index (χ0) is 14.9. The topological polar surface area (TPSA) is 54.0 Å². The van der Waals surface area contributed by atoms with Gasteiger partial charge in [-0.3, -0.25) is 4.79 Å². The highest BCUT2D eigenvalue weighted by Crippen LogP contribution is 2.48. The van der Waals surface area contributed by atoms with Gasteiger partial charge in [-0.05, 0) is 26.7 Å².